The van der Waals surface area contributed by atoms with Crippen LogP contribution in [-0.2, 0) is 10.1 Å². The molecule has 0 saturated heterocycles. The van der Waals surface area contributed by atoms with Crippen LogP contribution in [0.3, 0.4) is 0 Å². The van der Waals surface area contributed by atoms with Gasteiger partial charge >= 0.3 is 10.1 Å². The molecule has 0 bridgehead atoms. The number of pyridine rings is 1. The Morgan fingerprint density at radius 1 is 0.919 bits per heavy atom. The van der Waals surface area contributed by atoms with Crippen molar-refractivity contribution in [1.82, 2.24) is 4.73 Å². The number of ether oxygens (including phenoxy) is 1. The molecule has 0 saturated carbocycles. The number of rotatable bonds is 8. The minimum Gasteiger partial charge on any atom is -0.495 e. The van der Waals surface area contributed by atoms with Crippen LogP contribution in [0.25, 0.3) is 23.3 Å². The van der Waals surface area contributed by atoms with E-state index in [0.29, 0.717) is 26.6 Å². The normalized spacial score (nSPS) is 11.4. The first-order valence-electron chi connectivity index (χ1n) is 10.7. The topological polar surface area (TPSA) is 118 Å². The van der Waals surface area contributed by atoms with Crippen LogP contribution >= 0.6 is 11.6 Å². The van der Waals surface area contributed by atoms with Crippen molar-refractivity contribution < 1.29 is 22.4 Å². The van der Waals surface area contributed by atoms with E-state index < -0.39 is 20.6 Å². The smallest absolute Gasteiger partial charge is 0.357 e. The molecule has 4 rings (SSSR count). The van der Waals surface area contributed by atoms with Gasteiger partial charge in [0.1, 0.15) is 10.6 Å². The number of aromatic nitrogens is 1. The van der Waals surface area contributed by atoms with Crippen LogP contribution in [0.5, 0.6) is 5.75 Å². The van der Waals surface area contributed by atoms with Crippen LogP contribution in [0.2, 0.25) is 5.02 Å². The number of non-ortho nitro benzene ring substituents is 1. The van der Waals surface area contributed by atoms with Crippen molar-refractivity contribution in [3.8, 4) is 16.9 Å². The number of nitro benzene ring substituents is 1. The largest absolute Gasteiger partial charge is 0.495 e. The Morgan fingerprint density at radius 3 is 2.24 bits per heavy atom. The summed E-state index contributed by atoms with van der Waals surface area (Å²) >= 11 is 6.20. The first kappa shape index (κ1) is 25.7. The summed E-state index contributed by atoms with van der Waals surface area (Å²) in [5, 5.41) is 11.3. The monoisotopic (exact) mass is 538 g/mol. The van der Waals surface area contributed by atoms with Crippen LogP contribution in [0.15, 0.2) is 94.6 Å². The zero-order chi connectivity index (χ0) is 26.6. The Morgan fingerprint density at radius 2 is 1.62 bits per heavy atom. The molecule has 0 unspecified atom stereocenters. The lowest BCUT2D eigenvalue weighted by Crippen LogP contribution is -2.32. The van der Waals surface area contributed by atoms with Crippen LogP contribution < -0.4 is 14.6 Å². The van der Waals surface area contributed by atoms with Gasteiger partial charge in [0, 0.05) is 18.2 Å². The lowest BCUT2D eigenvalue weighted by atomic mass is 10.1. The molecule has 9 nitrogen and oxygen atoms in total. The van der Waals surface area contributed by atoms with Gasteiger partial charge in [-0.05, 0) is 53.1 Å². The Bertz CT molecular complexity index is 1650. The van der Waals surface area contributed by atoms with E-state index >= 15 is 0 Å². The quantitative estimate of drug-likeness (QED) is 0.227. The maximum Gasteiger partial charge on any atom is 0.357 e. The molecule has 0 aliphatic carbocycles. The molecule has 0 atom stereocenters. The average molecular weight is 539 g/mol. The van der Waals surface area contributed by atoms with E-state index in [-0.39, 0.29) is 16.3 Å². The molecular formula is C26H19ClN2O7S. The van der Waals surface area contributed by atoms with E-state index in [1.807, 2.05) is 30.3 Å². The standard InChI is InChI=1S/C26H19ClN2O7S/c1-35-25-14-8-18(15-24(25)27)7-9-22-16-20(19-5-3-2-4-6-19)17-26(30)28(22)36-37(33,34)23-12-10-21(11-13-23)29(31)32/h2-17H,1H3. The molecule has 0 fully saturated rings. The van der Waals surface area contributed by atoms with Crippen molar-refractivity contribution in [1.29, 1.82) is 0 Å². The minimum absolute atomic E-state index is 0.129. The lowest BCUT2D eigenvalue weighted by Gasteiger charge is -2.13. The number of nitro groups is 1. The highest BCUT2D eigenvalue weighted by molar-refractivity contribution is 7.87. The first-order valence-corrected chi connectivity index (χ1v) is 12.5. The number of methoxy groups -OCH3 is 1. The van der Waals surface area contributed by atoms with E-state index in [1.54, 1.807) is 30.3 Å². The van der Waals surface area contributed by atoms with Crippen molar-refractivity contribution in [2.45, 2.75) is 4.90 Å². The number of hydrogen-bond acceptors (Lipinski definition) is 7. The Balaban J connectivity index is 1.78. The molecule has 0 N–H and O–H groups in total. The van der Waals surface area contributed by atoms with Gasteiger partial charge in [-0.15, -0.1) is 4.73 Å². The third kappa shape index (κ3) is 5.88. The number of nitrogens with zero attached hydrogens (tertiary/aromatic N) is 2. The van der Waals surface area contributed by atoms with Crippen LogP contribution in [-0.4, -0.2) is 25.2 Å². The Kier molecular flexibility index (Phi) is 7.42. The zero-order valence-electron chi connectivity index (χ0n) is 19.3. The van der Waals surface area contributed by atoms with Crippen molar-refractivity contribution in [2.24, 2.45) is 0 Å². The van der Waals surface area contributed by atoms with Crippen LogP contribution in [0.4, 0.5) is 5.69 Å². The molecule has 3 aromatic carbocycles. The van der Waals surface area contributed by atoms with Crippen molar-refractivity contribution in [2.75, 3.05) is 7.11 Å². The average Bonchev–Trinajstić information content (AvgIpc) is 2.89. The fourth-order valence-electron chi connectivity index (χ4n) is 3.41. The van der Waals surface area contributed by atoms with E-state index in [2.05, 4.69) is 0 Å². The Labute approximate surface area is 217 Å². The molecule has 0 aliphatic rings. The molecular weight excluding hydrogens is 520 g/mol. The summed E-state index contributed by atoms with van der Waals surface area (Å²) in [6.07, 6.45) is 3.14. The van der Waals surface area contributed by atoms with E-state index in [4.69, 9.17) is 20.6 Å². The van der Waals surface area contributed by atoms with Crippen molar-refractivity contribution >= 4 is 39.6 Å². The first-order chi connectivity index (χ1) is 17.7. The molecule has 188 valence electrons. The predicted octanol–water partition coefficient (Wildman–Crippen LogP) is 5.07. The third-order valence-corrected chi connectivity index (χ3v) is 6.75. The minimum atomic E-state index is -4.51. The second-order valence-electron chi connectivity index (χ2n) is 7.67. The number of halogens is 1. The molecule has 0 aliphatic heterocycles. The maximum atomic E-state index is 13.0. The van der Waals surface area contributed by atoms with Crippen LogP contribution in [0.1, 0.15) is 11.3 Å². The molecule has 4 aromatic rings. The second-order valence-corrected chi connectivity index (χ2v) is 9.61. The van der Waals surface area contributed by atoms with Gasteiger partial charge in [-0.3, -0.25) is 19.2 Å². The Hall–Kier alpha value is -4.41. The van der Waals surface area contributed by atoms with Gasteiger partial charge < -0.3 is 4.74 Å². The van der Waals surface area contributed by atoms with Gasteiger partial charge in [0.2, 0.25) is 0 Å². The van der Waals surface area contributed by atoms with Gasteiger partial charge in [-0.2, -0.15) is 8.42 Å². The van der Waals surface area contributed by atoms with Gasteiger partial charge in [0.15, 0.2) is 0 Å². The summed E-state index contributed by atoms with van der Waals surface area (Å²) in [6.45, 7) is 0. The number of hydrogen-bond donors (Lipinski definition) is 0. The molecule has 1 aromatic heterocycles. The molecule has 37 heavy (non-hydrogen) atoms. The lowest BCUT2D eigenvalue weighted by molar-refractivity contribution is -0.384. The number of benzene rings is 3. The summed E-state index contributed by atoms with van der Waals surface area (Å²) in [6, 6.07) is 21.1. The third-order valence-electron chi connectivity index (χ3n) is 5.26. The fraction of sp³-hybridized carbons (Fsp3) is 0.0385. The summed E-state index contributed by atoms with van der Waals surface area (Å²) in [5.74, 6) is 0.485. The molecule has 0 spiro atoms. The summed E-state index contributed by atoms with van der Waals surface area (Å²) in [7, 11) is -3.01. The molecule has 1 heterocycles. The zero-order valence-corrected chi connectivity index (χ0v) is 20.8. The maximum absolute atomic E-state index is 13.0. The summed E-state index contributed by atoms with van der Waals surface area (Å²) in [4.78, 5) is 22.9. The van der Waals surface area contributed by atoms with Crippen molar-refractivity contribution in [3.63, 3.8) is 0 Å². The SMILES string of the molecule is COc1ccc(C=Cc2cc(-c3ccccc3)cc(=O)n2OS(=O)(=O)c2ccc([N+](=O)[O-])cc2)cc1Cl. The van der Waals surface area contributed by atoms with Gasteiger partial charge in [0.05, 0.1) is 22.7 Å². The van der Waals surface area contributed by atoms with Gasteiger partial charge in [0.25, 0.3) is 11.2 Å². The highest BCUT2D eigenvalue weighted by Crippen LogP contribution is 2.26. The fourth-order valence-corrected chi connectivity index (χ4v) is 4.59. The van der Waals surface area contributed by atoms with E-state index in [0.717, 1.165) is 29.8 Å². The highest BCUT2D eigenvalue weighted by atomic mass is 35.5. The van der Waals surface area contributed by atoms with Gasteiger partial charge in [-0.25, -0.2) is 0 Å². The molecule has 11 heteroatoms. The van der Waals surface area contributed by atoms with Crippen molar-refractivity contribution in [3.05, 3.63) is 122 Å². The van der Waals surface area contributed by atoms with Crippen LogP contribution in [0, 0.1) is 10.1 Å². The second kappa shape index (κ2) is 10.7. The predicted molar refractivity (Wildman–Crippen MR) is 140 cm³/mol. The molecule has 0 amide bonds. The molecule has 0 radical (unpaired) electrons. The highest BCUT2D eigenvalue weighted by Gasteiger charge is 2.21. The summed E-state index contributed by atoms with van der Waals surface area (Å²) in [5.41, 5.74) is 1.05. The van der Waals surface area contributed by atoms with E-state index in [9.17, 15) is 23.3 Å². The van der Waals surface area contributed by atoms with E-state index in [1.165, 1.54) is 19.3 Å². The summed E-state index contributed by atoms with van der Waals surface area (Å²) < 4.78 is 36.8. The van der Waals surface area contributed by atoms with Gasteiger partial charge in [-0.1, -0.05) is 54.1 Å².